The van der Waals surface area contributed by atoms with Gasteiger partial charge < -0.3 is 30.0 Å². The van der Waals surface area contributed by atoms with Crippen molar-refractivity contribution in [3.63, 3.8) is 0 Å². The fourth-order valence-corrected chi connectivity index (χ4v) is 7.52. The highest BCUT2D eigenvalue weighted by molar-refractivity contribution is 5.91. The van der Waals surface area contributed by atoms with Crippen LogP contribution in [0.15, 0.2) is 11.6 Å². The van der Waals surface area contributed by atoms with E-state index in [1.165, 1.54) is 5.57 Å². The minimum Gasteiger partial charge on any atom is -0.460 e. The van der Waals surface area contributed by atoms with Crippen molar-refractivity contribution in [1.29, 1.82) is 0 Å². The number of hydrogen-bond acceptors (Lipinski definition) is 8. The molecule has 0 heterocycles. The number of aldehydes is 1. The summed E-state index contributed by atoms with van der Waals surface area (Å²) in [7, 11) is 0. The highest BCUT2D eigenvalue weighted by Gasteiger charge is 2.60. The standard InChI is InChI=1S/C25H36O8/c1-24-9-7-14(27)11-13(24)3-4-15-16-5-6-19(25(16,2)10-8-17(15)24)33-23(32)22(31)21(30)20(29)18(28)12-26/h11-12,15-22,28-31H,3-10H2,1-2H3/t15-,16-,17-,18-,19-,20+,21-,22-,24-,25-/m0/s1. The predicted molar refractivity (Wildman–Crippen MR) is 117 cm³/mol. The molecule has 0 aromatic carbocycles. The second-order valence-electron chi connectivity index (χ2n) is 11.1. The van der Waals surface area contributed by atoms with E-state index < -0.39 is 36.5 Å². The van der Waals surface area contributed by atoms with Crippen LogP contribution < -0.4 is 0 Å². The molecule has 0 unspecified atom stereocenters. The van der Waals surface area contributed by atoms with Gasteiger partial charge in [0.05, 0.1) is 0 Å². The van der Waals surface area contributed by atoms with Crippen LogP contribution in [0.2, 0.25) is 0 Å². The molecule has 0 aromatic rings. The van der Waals surface area contributed by atoms with Gasteiger partial charge in [-0.3, -0.25) is 4.79 Å². The third-order valence-corrected chi connectivity index (χ3v) is 9.54. The van der Waals surface area contributed by atoms with Gasteiger partial charge in [-0.2, -0.15) is 0 Å². The van der Waals surface area contributed by atoms with E-state index in [1.54, 1.807) is 0 Å². The van der Waals surface area contributed by atoms with Crippen LogP contribution in [0.25, 0.3) is 0 Å². The predicted octanol–water partition coefficient (Wildman–Crippen LogP) is 1.07. The Kier molecular flexibility index (Phi) is 6.59. The number of carbonyl (C=O) groups excluding carboxylic acids is 3. The van der Waals surface area contributed by atoms with E-state index in [0.29, 0.717) is 30.6 Å². The lowest BCUT2D eigenvalue weighted by atomic mass is 9.47. The van der Waals surface area contributed by atoms with E-state index in [0.717, 1.165) is 38.5 Å². The molecule has 0 spiro atoms. The maximum atomic E-state index is 12.6. The first kappa shape index (κ1) is 24.5. The number of carbonyl (C=O) groups is 3. The van der Waals surface area contributed by atoms with E-state index in [9.17, 15) is 34.8 Å². The molecule has 0 amide bonds. The van der Waals surface area contributed by atoms with Crippen LogP contribution in [0.3, 0.4) is 0 Å². The average Bonchev–Trinajstić information content (AvgIpc) is 3.13. The lowest BCUT2D eigenvalue weighted by Crippen LogP contribution is -2.53. The fourth-order valence-electron chi connectivity index (χ4n) is 7.52. The van der Waals surface area contributed by atoms with Gasteiger partial charge in [-0.15, -0.1) is 0 Å². The van der Waals surface area contributed by atoms with Gasteiger partial charge >= 0.3 is 5.97 Å². The van der Waals surface area contributed by atoms with E-state index in [2.05, 4.69) is 13.8 Å². The summed E-state index contributed by atoms with van der Waals surface area (Å²) < 4.78 is 5.67. The van der Waals surface area contributed by atoms with Gasteiger partial charge in [0.1, 0.15) is 24.4 Å². The Bertz CT molecular complexity index is 838. The van der Waals surface area contributed by atoms with Gasteiger partial charge in [0, 0.05) is 11.8 Å². The molecule has 10 atom stereocenters. The van der Waals surface area contributed by atoms with Crippen molar-refractivity contribution in [1.82, 2.24) is 0 Å². The molecule has 0 saturated heterocycles. The van der Waals surface area contributed by atoms with Crippen LogP contribution >= 0.6 is 0 Å². The zero-order chi connectivity index (χ0) is 24.1. The first-order chi connectivity index (χ1) is 15.5. The third kappa shape index (κ3) is 3.99. The third-order valence-electron chi connectivity index (χ3n) is 9.54. The number of allylic oxidation sites excluding steroid dienone is 1. The molecule has 3 saturated carbocycles. The summed E-state index contributed by atoms with van der Waals surface area (Å²) in [6.45, 7) is 4.46. The molecule has 3 fully saturated rings. The Morgan fingerprint density at radius 1 is 1.03 bits per heavy atom. The number of aliphatic hydroxyl groups excluding tert-OH is 4. The van der Waals surface area contributed by atoms with Gasteiger partial charge in [0.15, 0.2) is 18.2 Å². The normalized spacial score (nSPS) is 41.5. The van der Waals surface area contributed by atoms with Crippen LogP contribution in [0.5, 0.6) is 0 Å². The number of ether oxygens (including phenoxy) is 1. The summed E-state index contributed by atoms with van der Waals surface area (Å²) >= 11 is 0. The van der Waals surface area contributed by atoms with Gasteiger partial charge in [-0.05, 0) is 74.2 Å². The Morgan fingerprint density at radius 3 is 2.45 bits per heavy atom. The van der Waals surface area contributed by atoms with E-state index in [-0.39, 0.29) is 22.9 Å². The van der Waals surface area contributed by atoms with E-state index >= 15 is 0 Å². The van der Waals surface area contributed by atoms with Crippen molar-refractivity contribution in [2.75, 3.05) is 0 Å². The first-order valence-electron chi connectivity index (χ1n) is 12.1. The molecule has 4 N–H and O–H groups in total. The quantitative estimate of drug-likeness (QED) is 0.338. The molecule has 8 nitrogen and oxygen atoms in total. The zero-order valence-electron chi connectivity index (χ0n) is 19.4. The Labute approximate surface area is 194 Å². The summed E-state index contributed by atoms with van der Waals surface area (Å²) in [5.41, 5.74) is 1.12. The number of rotatable bonds is 6. The minimum absolute atomic E-state index is 0.0283. The van der Waals surface area contributed by atoms with E-state index in [1.807, 2.05) is 6.08 Å². The van der Waals surface area contributed by atoms with Crippen LogP contribution in [0, 0.1) is 28.6 Å². The molecule has 33 heavy (non-hydrogen) atoms. The summed E-state index contributed by atoms with van der Waals surface area (Å²) in [5, 5.41) is 39.3. The van der Waals surface area contributed by atoms with Crippen molar-refractivity contribution >= 4 is 18.0 Å². The molecular formula is C25H36O8. The van der Waals surface area contributed by atoms with Crippen molar-refractivity contribution in [3.05, 3.63) is 11.6 Å². The number of esters is 1. The molecule has 0 bridgehead atoms. The monoisotopic (exact) mass is 464 g/mol. The molecule has 0 aromatic heterocycles. The van der Waals surface area contributed by atoms with Crippen LogP contribution in [-0.4, -0.2) is 69.0 Å². The van der Waals surface area contributed by atoms with Gasteiger partial charge in [0.2, 0.25) is 0 Å². The largest absolute Gasteiger partial charge is 0.460 e. The Balaban J connectivity index is 1.46. The lowest BCUT2D eigenvalue weighted by molar-refractivity contribution is -0.182. The van der Waals surface area contributed by atoms with Crippen molar-refractivity contribution in [3.8, 4) is 0 Å². The molecule has 0 radical (unpaired) electrons. The van der Waals surface area contributed by atoms with Gasteiger partial charge in [-0.25, -0.2) is 4.79 Å². The average molecular weight is 465 g/mol. The highest BCUT2D eigenvalue weighted by Crippen LogP contribution is 2.65. The summed E-state index contributed by atoms with van der Waals surface area (Å²) in [5.74, 6) is 0.546. The highest BCUT2D eigenvalue weighted by atomic mass is 16.6. The van der Waals surface area contributed by atoms with Crippen LogP contribution in [0.4, 0.5) is 0 Å². The number of aliphatic hydroxyl groups is 4. The fraction of sp³-hybridized carbons (Fsp3) is 0.800. The first-order valence-corrected chi connectivity index (χ1v) is 12.1. The summed E-state index contributed by atoms with van der Waals surface area (Å²) in [6.07, 6.45) is 0.417. The maximum absolute atomic E-state index is 12.6. The second kappa shape index (κ2) is 8.87. The number of fused-ring (bicyclic) bond motifs is 5. The number of hydrogen-bond donors (Lipinski definition) is 4. The Morgan fingerprint density at radius 2 is 1.76 bits per heavy atom. The molecular weight excluding hydrogens is 428 g/mol. The SMILES string of the molecule is C[C@]12CC[C@H]3[C@@H](CCC4=CC(=O)CC[C@@]43C)[C@@H]1CC[C@@H]2OC(=O)[C@@H](O)[C@@H](O)[C@H](O)[C@@H](O)C=O. The molecule has 4 aliphatic rings. The topological polar surface area (TPSA) is 141 Å². The lowest BCUT2D eigenvalue weighted by Gasteiger charge is -2.57. The molecule has 8 heteroatoms. The number of ketones is 1. The maximum Gasteiger partial charge on any atom is 0.338 e. The van der Waals surface area contributed by atoms with Crippen LogP contribution in [0.1, 0.15) is 65.2 Å². The summed E-state index contributed by atoms with van der Waals surface area (Å²) in [4.78, 5) is 35.2. The molecule has 4 aliphatic carbocycles. The van der Waals surface area contributed by atoms with Crippen molar-refractivity contribution < 1.29 is 39.5 Å². The molecule has 4 rings (SSSR count). The smallest absolute Gasteiger partial charge is 0.338 e. The van der Waals surface area contributed by atoms with Gasteiger partial charge in [0.25, 0.3) is 0 Å². The Hall–Kier alpha value is -1.61. The van der Waals surface area contributed by atoms with Crippen molar-refractivity contribution in [2.24, 2.45) is 28.6 Å². The molecule has 184 valence electrons. The van der Waals surface area contributed by atoms with Crippen molar-refractivity contribution in [2.45, 2.75) is 95.7 Å². The zero-order valence-corrected chi connectivity index (χ0v) is 19.4. The van der Waals surface area contributed by atoms with E-state index in [4.69, 9.17) is 4.74 Å². The van der Waals surface area contributed by atoms with Gasteiger partial charge in [-0.1, -0.05) is 19.4 Å². The van der Waals surface area contributed by atoms with Crippen LogP contribution in [-0.2, 0) is 19.1 Å². The minimum atomic E-state index is -2.06. The molecule has 0 aliphatic heterocycles. The second-order valence-corrected chi connectivity index (χ2v) is 11.1. The summed E-state index contributed by atoms with van der Waals surface area (Å²) in [6, 6.07) is 0.